The molecule has 94 valence electrons. The van der Waals surface area contributed by atoms with E-state index in [9.17, 15) is 9.90 Å². The van der Waals surface area contributed by atoms with Gasteiger partial charge in [-0.15, -0.1) is 6.42 Å². The number of benzene rings is 1. The van der Waals surface area contributed by atoms with Crippen LogP contribution in [0.4, 0.5) is 0 Å². The summed E-state index contributed by atoms with van der Waals surface area (Å²) in [5, 5.41) is 11.9. The van der Waals surface area contributed by atoms with E-state index in [1.54, 1.807) is 12.1 Å². The minimum atomic E-state index is -1.00. The zero-order chi connectivity index (χ0) is 13.1. The Labute approximate surface area is 112 Å². The molecule has 0 bridgehead atoms. The largest absolute Gasteiger partial charge is 0.480 e. The van der Waals surface area contributed by atoms with Crippen molar-refractivity contribution in [2.45, 2.75) is 6.04 Å². The molecule has 0 aliphatic carbocycles. The molecular formula is C12H10BrNO4. The summed E-state index contributed by atoms with van der Waals surface area (Å²) in [6.45, 7) is 0.302. The van der Waals surface area contributed by atoms with Gasteiger partial charge in [0.2, 0.25) is 6.79 Å². The fourth-order valence-electron chi connectivity index (χ4n) is 1.66. The Kier molecular flexibility index (Phi) is 3.75. The normalized spacial score (nSPS) is 14.0. The molecule has 0 fully saturated rings. The van der Waals surface area contributed by atoms with Crippen molar-refractivity contribution in [2.75, 3.05) is 13.3 Å². The van der Waals surface area contributed by atoms with Gasteiger partial charge < -0.3 is 14.6 Å². The molecule has 0 spiro atoms. The average Bonchev–Trinajstić information content (AvgIpc) is 2.78. The lowest BCUT2D eigenvalue weighted by Crippen LogP contribution is -2.28. The van der Waals surface area contributed by atoms with Gasteiger partial charge in [0.15, 0.2) is 11.5 Å². The third-order valence-corrected chi connectivity index (χ3v) is 3.03. The molecule has 0 radical (unpaired) electrons. The van der Waals surface area contributed by atoms with Crippen LogP contribution in [0, 0.1) is 12.3 Å². The summed E-state index contributed by atoms with van der Waals surface area (Å²) >= 11 is 3.32. The number of aliphatic carboxylic acids is 1. The highest BCUT2D eigenvalue weighted by Crippen LogP contribution is 2.41. The predicted octanol–water partition coefficient (Wildman–Crippen LogP) is 1.53. The van der Waals surface area contributed by atoms with Crippen molar-refractivity contribution < 1.29 is 19.4 Å². The molecule has 1 heterocycles. The van der Waals surface area contributed by atoms with E-state index in [0.29, 0.717) is 21.5 Å². The maximum absolute atomic E-state index is 11.2. The first kappa shape index (κ1) is 12.7. The summed E-state index contributed by atoms with van der Waals surface area (Å²) in [6, 6.07) is 2.43. The Bertz CT molecular complexity index is 524. The van der Waals surface area contributed by atoms with Gasteiger partial charge in [-0.05, 0) is 33.6 Å². The maximum Gasteiger partial charge on any atom is 0.325 e. The van der Waals surface area contributed by atoms with Crippen LogP contribution in [-0.4, -0.2) is 24.4 Å². The van der Waals surface area contributed by atoms with Crippen molar-refractivity contribution in [3.63, 3.8) is 0 Å². The highest BCUT2D eigenvalue weighted by molar-refractivity contribution is 9.10. The Hall–Kier alpha value is -1.71. The first-order valence-corrected chi connectivity index (χ1v) is 5.91. The highest BCUT2D eigenvalue weighted by Gasteiger charge is 2.24. The van der Waals surface area contributed by atoms with Crippen LogP contribution in [-0.2, 0) is 4.79 Å². The lowest BCUT2D eigenvalue weighted by Gasteiger charge is -2.14. The van der Waals surface area contributed by atoms with Crippen LogP contribution in [0.2, 0.25) is 0 Å². The Morgan fingerprint density at radius 3 is 3.06 bits per heavy atom. The smallest absolute Gasteiger partial charge is 0.325 e. The van der Waals surface area contributed by atoms with Crippen LogP contribution in [0.15, 0.2) is 16.6 Å². The predicted molar refractivity (Wildman–Crippen MR) is 67.5 cm³/mol. The second kappa shape index (κ2) is 5.29. The molecule has 18 heavy (non-hydrogen) atoms. The Morgan fingerprint density at radius 2 is 2.39 bits per heavy atom. The van der Waals surface area contributed by atoms with Crippen LogP contribution < -0.4 is 14.8 Å². The first-order chi connectivity index (χ1) is 8.63. The molecule has 5 nitrogen and oxygen atoms in total. The minimum Gasteiger partial charge on any atom is -0.480 e. The SMILES string of the molecule is C#CCNC(C(=O)O)c1cc(Br)c2c(c1)OCO2. The second-order valence-electron chi connectivity index (χ2n) is 3.59. The number of ether oxygens (including phenoxy) is 2. The van der Waals surface area contributed by atoms with Crippen molar-refractivity contribution in [1.29, 1.82) is 0 Å². The van der Waals surface area contributed by atoms with Crippen molar-refractivity contribution in [3.8, 4) is 23.8 Å². The van der Waals surface area contributed by atoms with E-state index in [2.05, 4.69) is 27.2 Å². The summed E-state index contributed by atoms with van der Waals surface area (Å²) in [4.78, 5) is 11.2. The number of terminal acetylenes is 1. The molecule has 1 aliphatic rings. The lowest BCUT2D eigenvalue weighted by atomic mass is 10.1. The van der Waals surface area contributed by atoms with E-state index >= 15 is 0 Å². The average molecular weight is 312 g/mol. The molecule has 1 aromatic rings. The Morgan fingerprint density at radius 1 is 1.61 bits per heavy atom. The first-order valence-electron chi connectivity index (χ1n) is 5.12. The van der Waals surface area contributed by atoms with Gasteiger partial charge in [-0.3, -0.25) is 10.1 Å². The van der Waals surface area contributed by atoms with Crippen LogP contribution >= 0.6 is 15.9 Å². The van der Waals surface area contributed by atoms with Crippen molar-refractivity contribution in [2.24, 2.45) is 0 Å². The number of carboxylic acid groups (broad SMARTS) is 1. The fraction of sp³-hybridized carbons (Fsp3) is 0.250. The van der Waals surface area contributed by atoms with Crippen LogP contribution in [0.5, 0.6) is 11.5 Å². The van der Waals surface area contributed by atoms with Gasteiger partial charge in [-0.1, -0.05) is 5.92 Å². The van der Waals surface area contributed by atoms with Gasteiger partial charge in [0.1, 0.15) is 6.04 Å². The summed E-state index contributed by atoms with van der Waals surface area (Å²) in [5.41, 5.74) is 0.550. The number of fused-ring (bicyclic) bond motifs is 1. The third-order valence-electron chi connectivity index (χ3n) is 2.44. The zero-order valence-electron chi connectivity index (χ0n) is 9.27. The summed E-state index contributed by atoms with van der Waals surface area (Å²) in [5.74, 6) is 2.45. The van der Waals surface area contributed by atoms with Gasteiger partial charge >= 0.3 is 5.97 Å². The third kappa shape index (κ3) is 2.42. The van der Waals surface area contributed by atoms with Crippen LogP contribution in [0.1, 0.15) is 11.6 Å². The van der Waals surface area contributed by atoms with E-state index in [1.807, 2.05) is 0 Å². The summed E-state index contributed by atoms with van der Waals surface area (Å²) in [7, 11) is 0. The number of carbonyl (C=O) groups is 1. The van der Waals surface area contributed by atoms with Crippen LogP contribution in [0.3, 0.4) is 0 Å². The van der Waals surface area contributed by atoms with Gasteiger partial charge in [-0.25, -0.2) is 0 Å². The van der Waals surface area contributed by atoms with Gasteiger partial charge in [0.25, 0.3) is 0 Å². The van der Waals surface area contributed by atoms with Crippen molar-refractivity contribution in [3.05, 3.63) is 22.2 Å². The molecule has 1 atom stereocenters. The standard InChI is InChI=1S/C12H10BrNO4/c1-2-3-14-10(12(15)16)7-4-8(13)11-9(5-7)17-6-18-11/h1,4-5,10,14H,3,6H2,(H,15,16). The molecule has 0 saturated carbocycles. The van der Waals surface area contributed by atoms with Gasteiger partial charge in [0.05, 0.1) is 11.0 Å². The molecule has 2 N–H and O–H groups in total. The number of hydrogen-bond acceptors (Lipinski definition) is 4. The molecule has 0 saturated heterocycles. The monoisotopic (exact) mass is 311 g/mol. The number of carboxylic acids is 1. The van der Waals surface area contributed by atoms with E-state index < -0.39 is 12.0 Å². The van der Waals surface area contributed by atoms with Crippen molar-refractivity contribution >= 4 is 21.9 Å². The topological polar surface area (TPSA) is 67.8 Å². The molecule has 0 aromatic heterocycles. The van der Waals surface area contributed by atoms with Gasteiger partial charge in [0, 0.05) is 0 Å². The second-order valence-corrected chi connectivity index (χ2v) is 4.45. The van der Waals surface area contributed by atoms with Crippen LogP contribution in [0.25, 0.3) is 0 Å². The molecule has 1 aliphatic heterocycles. The number of rotatable bonds is 4. The molecule has 1 aromatic carbocycles. The molecule has 6 heteroatoms. The fourth-order valence-corrected chi connectivity index (χ4v) is 2.24. The minimum absolute atomic E-state index is 0.132. The Balaban J connectivity index is 2.34. The van der Waals surface area contributed by atoms with E-state index in [4.69, 9.17) is 15.9 Å². The summed E-state index contributed by atoms with van der Waals surface area (Å²) in [6.07, 6.45) is 5.12. The van der Waals surface area contributed by atoms with Crippen molar-refractivity contribution in [1.82, 2.24) is 5.32 Å². The number of nitrogens with one attached hydrogen (secondary N) is 1. The quantitative estimate of drug-likeness (QED) is 0.825. The highest BCUT2D eigenvalue weighted by atomic mass is 79.9. The molecule has 0 amide bonds. The molecular weight excluding hydrogens is 302 g/mol. The summed E-state index contributed by atoms with van der Waals surface area (Å²) < 4.78 is 11.1. The van der Waals surface area contributed by atoms with E-state index in [-0.39, 0.29) is 13.3 Å². The zero-order valence-corrected chi connectivity index (χ0v) is 10.9. The number of hydrogen-bond donors (Lipinski definition) is 2. The maximum atomic E-state index is 11.2. The lowest BCUT2D eigenvalue weighted by molar-refractivity contribution is -0.139. The molecule has 1 unspecified atom stereocenters. The van der Waals surface area contributed by atoms with Gasteiger partial charge in [-0.2, -0.15) is 0 Å². The molecule has 2 rings (SSSR count). The van der Waals surface area contributed by atoms with E-state index in [1.165, 1.54) is 0 Å². The number of halogens is 1. The van der Waals surface area contributed by atoms with E-state index in [0.717, 1.165) is 0 Å².